The summed E-state index contributed by atoms with van der Waals surface area (Å²) in [6, 6.07) is 16.5. The van der Waals surface area contributed by atoms with Crippen LogP contribution in [0.15, 0.2) is 60.8 Å². The normalized spacial score (nSPS) is 25.2. The van der Waals surface area contributed by atoms with Crippen molar-refractivity contribution >= 4 is 28.5 Å². The Hall–Kier alpha value is -4.36. The van der Waals surface area contributed by atoms with Crippen molar-refractivity contribution < 1.29 is 19.1 Å². The van der Waals surface area contributed by atoms with Crippen LogP contribution in [0.4, 0.5) is 0 Å². The predicted molar refractivity (Wildman–Crippen MR) is 153 cm³/mol. The van der Waals surface area contributed by atoms with Crippen molar-refractivity contribution in [1.82, 2.24) is 25.7 Å². The molecule has 10 heteroatoms. The van der Waals surface area contributed by atoms with E-state index in [9.17, 15) is 19.6 Å². The van der Waals surface area contributed by atoms with Crippen LogP contribution in [0.1, 0.15) is 37.6 Å². The van der Waals surface area contributed by atoms with Crippen LogP contribution < -0.4 is 10.6 Å². The number of hydrogen-bond acceptors (Lipinski definition) is 7. The van der Waals surface area contributed by atoms with E-state index in [1.807, 2.05) is 54.6 Å². The SMILES string of the molecule is CC1(C)[C@@H]2[C@@H](C(=O)NC(C#N)c3nncc4ccccc34)N(C(=O)C(Cc3ccccc3)NC(=O)[C@@H]3CCOC3)C[C@@H]21. The third-order valence-electron chi connectivity index (χ3n) is 9.25. The highest BCUT2D eigenvalue weighted by Gasteiger charge is 2.69. The molecular weight excluding hydrogens is 532 g/mol. The number of benzene rings is 2. The summed E-state index contributed by atoms with van der Waals surface area (Å²) in [5.74, 6) is -1.14. The van der Waals surface area contributed by atoms with Gasteiger partial charge in [0.25, 0.3) is 0 Å². The van der Waals surface area contributed by atoms with Crippen molar-refractivity contribution in [3.63, 3.8) is 0 Å². The number of piperidine rings is 1. The Bertz CT molecular complexity index is 1540. The third kappa shape index (κ3) is 5.09. The predicted octanol–water partition coefficient (Wildman–Crippen LogP) is 2.56. The minimum absolute atomic E-state index is 0.0595. The Morgan fingerprint density at radius 3 is 2.60 bits per heavy atom. The molecule has 3 amide bonds. The third-order valence-corrected chi connectivity index (χ3v) is 9.25. The molecule has 2 N–H and O–H groups in total. The second-order valence-electron chi connectivity index (χ2n) is 12.1. The van der Waals surface area contributed by atoms with Crippen molar-refractivity contribution in [2.45, 2.75) is 44.8 Å². The maximum Gasteiger partial charge on any atom is 0.246 e. The number of aromatic nitrogens is 2. The minimum Gasteiger partial charge on any atom is -0.381 e. The number of fused-ring (bicyclic) bond motifs is 2. The van der Waals surface area contributed by atoms with E-state index < -0.39 is 24.0 Å². The van der Waals surface area contributed by atoms with Gasteiger partial charge in [-0.3, -0.25) is 14.4 Å². The van der Waals surface area contributed by atoms with Gasteiger partial charge in [0.2, 0.25) is 17.7 Å². The molecule has 3 aliphatic rings. The molecule has 1 aromatic heterocycles. The molecule has 2 unspecified atom stereocenters. The van der Waals surface area contributed by atoms with Crippen LogP contribution in [0.3, 0.4) is 0 Å². The van der Waals surface area contributed by atoms with E-state index in [4.69, 9.17) is 4.74 Å². The highest BCUT2D eigenvalue weighted by molar-refractivity contribution is 5.94. The summed E-state index contributed by atoms with van der Waals surface area (Å²) in [4.78, 5) is 42.9. The molecule has 2 saturated heterocycles. The highest BCUT2D eigenvalue weighted by atomic mass is 16.5. The highest BCUT2D eigenvalue weighted by Crippen LogP contribution is 2.65. The van der Waals surface area contributed by atoms with Gasteiger partial charge in [0, 0.05) is 30.3 Å². The molecular formula is C32H34N6O4. The fourth-order valence-electron chi connectivity index (χ4n) is 6.75. The Balaban J connectivity index is 1.26. The quantitative estimate of drug-likeness (QED) is 0.428. The van der Waals surface area contributed by atoms with E-state index in [1.165, 1.54) is 0 Å². The van der Waals surface area contributed by atoms with Crippen LogP contribution in [-0.4, -0.2) is 64.7 Å². The van der Waals surface area contributed by atoms with E-state index in [2.05, 4.69) is 40.7 Å². The molecule has 3 fully saturated rings. The van der Waals surface area contributed by atoms with Gasteiger partial charge in [-0.05, 0) is 29.2 Å². The van der Waals surface area contributed by atoms with Crippen LogP contribution in [0.2, 0.25) is 0 Å². The van der Waals surface area contributed by atoms with Gasteiger partial charge in [0.05, 0.1) is 24.8 Å². The lowest BCUT2D eigenvalue weighted by Gasteiger charge is -2.33. The zero-order chi connectivity index (χ0) is 29.4. The van der Waals surface area contributed by atoms with E-state index >= 15 is 0 Å². The van der Waals surface area contributed by atoms with Gasteiger partial charge in [0.1, 0.15) is 17.8 Å². The molecule has 216 valence electrons. The molecule has 6 rings (SSSR count). The first-order chi connectivity index (χ1) is 20.3. The van der Waals surface area contributed by atoms with E-state index in [1.54, 1.807) is 11.1 Å². The number of nitrogens with zero attached hydrogens (tertiary/aromatic N) is 4. The van der Waals surface area contributed by atoms with Crippen LogP contribution in [-0.2, 0) is 25.5 Å². The van der Waals surface area contributed by atoms with Gasteiger partial charge < -0.3 is 20.3 Å². The average molecular weight is 567 g/mol. The number of nitrogens with one attached hydrogen (secondary N) is 2. The van der Waals surface area contributed by atoms with Gasteiger partial charge in [-0.2, -0.15) is 15.5 Å². The Morgan fingerprint density at radius 1 is 1.10 bits per heavy atom. The molecule has 0 bridgehead atoms. The van der Waals surface area contributed by atoms with Crippen LogP contribution in [0, 0.1) is 34.5 Å². The monoisotopic (exact) mass is 566 g/mol. The van der Waals surface area contributed by atoms with Gasteiger partial charge in [-0.25, -0.2) is 0 Å². The first-order valence-corrected chi connectivity index (χ1v) is 14.4. The van der Waals surface area contributed by atoms with E-state index in [0.717, 1.165) is 16.3 Å². The molecule has 0 radical (unpaired) electrons. The first-order valence-electron chi connectivity index (χ1n) is 14.4. The Kier molecular flexibility index (Phi) is 7.37. The lowest BCUT2D eigenvalue weighted by molar-refractivity contribution is -0.143. The summed E-state index contributed by atoms with van der Waals surface area (Å²) in [5.41, 5.74) is 1.14. The van der Waals surface area contributed by atoms with Crippen LogP contribution in [0.25, 0.3) is 10.8 Å². The molecule has 2 aliphatic heterocycles. The van der Waals surface area contributed by atoms with Gasteiger partial charge in [0.15, 0.2) is 6.04 Å². The second-order valence-corrected chi connectivity index (χ2v) is 12.1. The largest absolute Gasteiger partial charge is 0.381 e. The Morgan fingerprint density at radius 2 is 1.86 bits per heavy atom. The standard InChI is InChI=1S/C32H34N6O4/c1-32(2)23-17-38(31(41)24(14-19-8-4-3-5-9-19)35-29(39)21-12-13-42-18-21)28(26(23)32)30(40)36-25(15-33)27-22-11-7-6-10-20(22)16-34-37-27/h3-11,16,21,23-26,28H,12-14,17-18H2,1-2H3,(H,35,39)(H,36,40)/t21-,23+,24?,25?,26+,28+/m1/s1. The lowest BCUT2D eigenvalue weighted by Crippen LogP contribution is -2.57. The van der Waals surface area contributed by atoms with E-state index in [0.29, 0.717) is 38.3 Å². The topological polar surface area (TPSA) is 137 Å². The summed E-state index contributed by atoms with van der Waals surface area (Å²) >= 11 is 0. The smallest absolute Gasteiger partial charge is 0.246 e. The summed E-state index contributed by atoms with van der Waals surface area (Å²) in [6.07, 6.45) is 2.52. The maximum absolute atomic E-state index is 14.2. The van der Waals surface area contributed by atoms with Gasteiger partial charge in [-0.1, -0.05) is 68.4 Å². The minimum atomic E-state index is -1.05. The summed E-state index contributed by atoms with van der Waals surface area (Å²) in [6.45, 7) is 5.46. The van der Waals surface area contributed by atoms with Crippen LogP contribution in [0.5, 0.6) is 0 Å². The number of carbonyl (C=O) groups is 3. The van der Waals surface area contributed by atoms with Gasteiger partial charge >= 0.3 is 0 Å². The molecule has 2 aromatic carbocycles. The fraction of sp³-hybridized carbons (Fsp3) is 0.438. The van der Waals surface area contributed by atoms with Gasteiger partial charge in [-0.15, -0.1) is 0 Å². The summed E-state index contributed by atoms with van der Waals surface area (Å²) < 4.78 is 5.40. The van der Waals surface area contributed by atoms with Crippen LogP contribution >= 0.6 is 0 Å². The average Bonchev–Trinajstić information content (AvgIpc) is 3.46. The van der Waals surface area contributed by atoms with Crippen molar-refractivity contribution in [2.24, 2.45) is 23.2 Å². The molecule has 6 atom stereocenters. The van der Waals surface area contributed by atoms with E-state index in [-0.39, 0.29) is 35.0 Å². The second kappa shape index (κ2) is 11.1. The molecule has 1 aliphatic carbocycles. The van der Waals surface area contributed by atoms with Crippen molar-refractivity contribution in [1.29, 1.82) is 5.26 Å². The fourth-order valence-corrected chi connectivity index (χ4v) is 6.75. The number of carbonyl (C=O) groups excluding carboxylic acids is 3. The zero-order valence-electron chi connectivity index (χ0n) is 23.7. The molecule has 3 heterocycles. The molecule has 0 spiro atoms. The zero-order valence-corrected chi connectivity index (χ0v) is 23.7. The van der Waals surface area contributed by atoms with Crippen molar-refractivity contribution in [2.75, 3.05) is 19.8 Å². The maximum atomic E-state index is 14.2. The summed E-state index contributed by atoms with van der Waals surface area (Å²) in [7, 11) is 0. The number of amides is 3. The van der Waals surface area contributed by atoms with Crippen molar-refractivity contribution in [3.8, 4) is 6.07 Å². The summed E-state index contributed by atoms with van der Waals surface area (Å²) in [5, 5.41) is 25.7. The molecule has 42 heavy (non-hydrogen) atoms. The molecule has 3 aromatic rings. The number of ether oxygens (including phenoxy) is 1. The molecule has 1 saturated carbocycles. The Labute approximate surface area is 244 Å². The molecule has 10 nitrogen and oxygen atoms in total. The van der Waals surface area contributed by atoms with Crippen molar-refractivity contribution in [3.05, 3.63) is 72.1 Å². The number of nitriles is 1. The first kappa shape index (κ1) is 27.8. The number of rotatable bonds is 8. The number of hydrogen-bond donors (Lipinski definition) is 2. The number of likely N-dealkylation sites (tertiary alicyclic amines) is 1. The lowest BCUT2D eigenvalue weighted by atomic mass is 9.97.